The van der Waals surface area contributed by atoms with Crippen LogP contribution in [0.4, 0.5) is 0 Å². The van der Waals surface area contributed by atoms with Crippen LogP contribution in [0.1, 0.15) is 33.1 Å². The summed E-state index contributed by atoms with van der Waals surface area (Å²) in [5.41, 5.74) is -0.430. The highest BCUT2D eigenvalue weighted by atomic mass is 16.5. The Balaban J connectivity index is 2.04. The molecule has 0 amide bonds. The number of nitrogens with zero attached hydrogens (tertiary/aromatic N) is 1. The number of aliphatic hydroxyl groups is 1. The van der Waals surface area contributed by atoms with Gasteiger partial charge < -0.3 is 14.7 Å². The summed E-state index contributed by atoms with van der Waals surface area (Å²) < 4.78 is 5.43. The summed E-state index contributed by atoms with van der Waals surface area (Å²) in [6.45, 7) is 8.76. The van der Waals surface area contributed by atoms with Gasteiger partial charge in [0, 0.05) is 26.2 Å². The lowest BCUT2D eigenvalue weighted by Gasteiger charge is -2.35. The minimum atomic E-state index is -0.430. The van der Waals surface area contributed by atoms with Crippen molar-refractivity contribution >= 4 is 0 Å². The Hall–Kier alpha value is -0.120. The molecule has 1 saturated heterocycles. The molecule has 0 aliphatic carbocycles. The minimum Gasteiger partial charge on any atom is -0.390 e. The van der Waals surface area contributed by atoms with E-state index in [1.165, 1.54) is 0 Å². The van der Waals surface area contributed by atoms with E-state index in [1.54, 1.807) is 0 Å². The van der Waals surface area contributed by atoms with E-state index in [0.717, 1.165) is 52.1 Å². The highest BCUT2D eigenvalue weighted by Gasteiger charge is 2.26. The van der Waals surface area contributed by atoms with Crippen LogP contribution in [0.3, 0.4) is 0 Å². The maximum atomic E-state index is 9.74. The van der Waals surface area contributed by atoms with Crippen LogP contribution in [0.2, 0.25) is 0 Å². The first kappa shape index (κ1) is 12.0. The molecule has 1 N–H and O–H groups in total. The summed E-state index contributed by atoms with van der Waals surface area (Å²) in [4.78, 5) is 2.37. The molecule has 0 saturated carbocycles. The number of rotatable bonds is 5. The zero-order chi connectivity index (χ0) is 10.4. The maximum Gasteiger partial charge on any atom is 0.0644 e. The molecule has 14 heavy (non-hydrogen) atoms. The van der Waals surface area contributed by atoms with Gasteiger partial charge in [0.25, 0.3) is 0 Å². The monoisotopic (exact) mass is 201 g/mol. The van der Waals surface area contributed by atoms with Crippen molar-refractivity contribution in [1.82, 2.24) is 4.90 Å². The number of hydrogen-bond donors (Lipinski definition) is 1. The largest absolute Gasteiger partial charge is 0.390 e. The van der Waals surface area contributed by atoms with Crippen molar-refractivity contribution in [1.29, 1.82) is 0 Å². The van der Waals surface area contributed by atoms with Crippen molar-refractivity contribution in [2.45, 2.75) is 38.7 Å². The molecule has 0 aromatic rings. The normalized spacial score (nSPS) is 22.5. The van der Waals surface area contributed by atoms with Crippen LogP contribution in [0.15, 0.2) is 0 Å². The standard InChI is InChI=1S/C11H23NO2/c1-3-9-14-10-8-12-6-4-11(2,13)5-7-12/h13H,3-10H2,1-2H3. The summed E-state index contributed by atoms with van der Waals surface area (Å²) in [5, 5.41) is 9.74. The molecule has 0 bridgehead atoms. The zero-order valence-electron chi connectivity index (χ0n) is 9.46. The van der Waals surface area contributed by atoms with E-state index in [2.05, 4.69) is 11.8 Å². The Morgan fingerprint density at radius 1 is 1.29 bits per heavy atom. The van der Waals surface area contributed by atoms with Gasteiger partial charge in [-0.15, -0.1) is 0 Å². The van der Waals surface area contributed by atoms with Crippen LogP contribution in [-0.4, -0.2) is 48.5 Å². The first-order chi connectivity index (χ1) is 6.64. The van der Waals surface area contributed by atoms with Gasteiger partial charge in [0.2, 0.25) is 0 Å². The molecule has 84 valence electrons. The van der Waals surface area contributed by atoms with E-state index in [4.69, 9.17) is 4.74 Å². The first-order valence-electron chi connectivity index (χ1n) is 5.66. The predicted octanol–water partition coefficient (Wildman–Crippen LogP) is 1.26. The van der Waals surface area contributed by atoms with Gasteiger partial charge in [0.15, 0.2) is 0 Å². The van der Waals surface area contributed by atoms with Crippen LogP contribution in [0, 0.1) is 0 Å². The molecular formula is C11H23NO2. The van der Waals surface area contributed by atoms with Crippen molar-refractivity contribution in [3.8, 4) is 0 Å². The Morgan fingerprint density at radius 2 is 1.93 bits per heavy atom. The molecule has 1 aliphatic heterocycles. The van der Waals surface area contributed by atoms with Crippen LogP contribution in [-0.2, 0) is 4.74 Å². The molecule has 0 spiro atoms. The maximum absolute atomic E-state index is 9.74. The summed E-state index contributed by atoms with van der Waals surface area (Å²) in [7, 11) is 0. The van der Waals surface area contributed by atoms with Crippen molar-refractivity contribution in [2.24, 2.45) is 0 Å². The quantitative estimate of drug-likeness (QED) is 0.680. The van der Waals surface area contributed by atoms with E-state index < -0.39 is 5.60 Å². The molecule has 1 heterocycles. The zero-order valence-corrected chi connectivity index (χ0v) is 9.46. The number of piperidine rings is 1. The average molecular weight is 201 g/mol. The predicted molar refractivity (Wildman–Crippen MR) is 57.4 cm³/mol. The lowest BCUT2D eigenvalue weighted by atomic mass is 9.94. The highest BCUT2D eigenvalue weighted by Crippen LogP contribution is 2.20. The van der Waals surface area contributed by atoms with E-state index in [1.807, 2.05) is 6.92 Å². The molecule has 0 aromatic heterocycles. The molecular weight excluding hydrogens is 178 g/mol. The molecule has 0 unspecified atom stereocenters. The van der Waals surface area contributed by atoms with Gasteiger partial charge in [0.1, 0.15) is 0 Å². The third-order valence-corrected chi connectivity index (χ3v) is 2.83. The van der Waals surface area contributed by atoms with Crippen molar-refractivity contribution in [2.75, 3.05) is 32.8 Å². The third kappa shape index (κ3) is 4.40. The second-order valence-electron chi connectivity index (χ2n) is 4.45. The first-order valence-corrected chi connectivity index (χ1v) is 5.66. The molecule has 3 heteroatoms. The number of hydrogen-bond acceptors (Lipinski definition) is 3. The fourth-order valence-corrected chi connectivity index (χ4v) is 1.70. The fraction of sp³-hybridized carbons (Fsp3) is 1.00. The SMILES string of the molecule is CCCOCCN1CCC(C)(O)CC1. The van der Waals surface area contributed by atoms with Crippen LogP contribution < -0.4 is 0 Å². The van der Waals surface area contributed by atoms with Gasteiger partial charge in [-0.25, -0.2) is 0 Å². The van der Waals surface area contributed by atoms with Gasteiger partial charge in [-0.2, -0.15) is 0 Å². The molecule has 1 aliphatic rings. The van der Waals surface area contributed by atoms with E-state index in [9.17, 15) is 5.11 Å². The van der Waals surface area contributed by atoms with Crippen LogP contribution in [0.5, 0.6) is 0 Å². The lowest BCUT2D eigenvalue weighted by Crippen LogP contribution is -2.43. The smallest absolute Gasteiger partial charge is 0.0644 e. The Morgan fingerprint density at radius 3 is 2.50 bits per heavy atom. The van der Waals surface area contributed by atoms with E-state index in [0.29, 0.717) is 0 Å². The summed E-state index contributed by atoms with van der Waals surface area (Å²) >= 11 is 0. The van der Waals surface area contributed by atoms with E-state index >= 15 is 0 Å². The van der Waals surface area contributed by atoms with Gasteiger partial charge in [-0.3, -0.25) is 0 Å². The highest BCUT2D eigenvalue weighted by molar-refractivity contribution is 4.81. The van der Waals surface area contributed by atoms with Crippen molar-refractivity contribution in [3.05, 3.63) is 0 Å². The average Bonchev–Trinajstić information content (AvgIpc) is 2.15. The number of likely N-dealkylation sites (tertiary alicyclic amines) is 1. The summed E-state index contributed by atoms with van der Waals surface area (Å²) in [6, 6.07) is 0. The second-order valence-corrected chi connectivity index (χ2v) is 4.45. The van der Waals surface area contributed by atoms with E-state index in [-0.39, 0.29) is 0 Å². The van der Waals surface area contributed by atoms with Gasteiger partial charge >= 0.3 is 0 Å². The molecule has 0 aromatic carbocycles. The Labute approximate surface area is 87.1 Å². The van der Waals surface area contributed by atoms with Crippen molar-refractivity contribution in [3.63, 3.8) is 0 Å². The molecule has 0 atom stereocenters. The van der Waals surface area contributed by atoms with Crippen LogP contribution >= 0.6 is 0 Å². The second kappa shape index (κ2) is 5.69. The lowest BCUT2D eigenvalue weighted by molar-refractivity contribution is -0.0122. The molecule has 3 nitrogen and oxygen atoms in total. The topological polar surface area (TPSA) is 32.7 Å². The minimum absolute atomic E-state index is 0.430. The van der Waals surface area contributed by atoms with Crippen molar-refractivity contribution < 1.29 is 9.84 Å². The number of ether oxygens (including phenoxy) is 1. The summed E-state index contributed by atoms with van der Waals surface area (Å²) in [5.74, 6) is 0. The Bertz CT molecular complexity index is 149. The molecule has 1 fully saturated rings. The van der Waals surface area contributed by atoms with Crippen LogP contribution in [0.25, 0.3) is 0 Å². The molecule has 1 rings (SSSR count). The third-order valence-electron chi connectivity index (χ3n) is 2.83. The van der Waals surface area contributed by atoms with Gasteiger partial charge in [-0.1, -0.05) is 6.92 Å². The van der Waals surface area contributed by atoms with Gasteiger partial charge in [-0.05, 0) is 26.2 Å². The molecule has 0 radical (unpaired) electrons. The Kier molecular flexibility index (Phi) is 4.85. The van der Waals surface area contributed by atoms with Gasteiger partial charge in [0.05, 0.1) is 12.2 Å². The fourth-order valence-electron chi connectivity index (χ4n) is 1.70. The summed E-state index contributed by atoms with van der Waals surface area (Å²) in [6.07, 6.45) is 2.87.